The van der Waals surface area contributed by atoms with Crippen LogP contribution in [0.2, 0.25) is 6.04 Å². The second kappa shape index (κ2) is 10.5. The largest absolute Gasteiger partial charge is 0.500 e. The lowest BCUT2D eigenvalue weighted by atomic mass is 10.4. The van der Waals surface area contributed by atoms with Gasteiger partial charge in [-0.25, -0.2) is 0 Å². The summed E-state index contributed by atoms with van der Waals surface area (Å²) in [5.41, 5.74) is 0. The number of ether oxygens (including phenoxy) is 1. The summed E-state index contributed by atoms with van der Waals surface area (Å²) in [7, 11) is 4.18. The number of hydrogen-bond donors (Lipinski definition) is 1. The molecule has 1 atom stereocenters. The molecule has 0 aromatic carbocycles. The molecular weight excluding hydrogens is 250 g/mol. The molecule has 0 rings (SSSR count). The highest BCUT2D eigenvalue weighted by Gasteiger charge is 2.36. The summed E-state index contributed by atoms with van der Waals surface area (Å²) in [5, 5.41) is 3.21. The summed E-state index contributed by atoms with van der Waals surface area (Å²) in [6.07, 6.45) is 1.02. The van der Waals surface area contributed by atoms with Gasteiger partial charge in [-0.1, -0.05) is 0 Å². The minimum atomic E-state index is -2.38. The van der Waals surface area contributed by atoms with Crippen LogP contribution in [0.5, 0.6) is 0 Å². The first-order valence-corrected chi connectivity index (χ1v) is 6.99. The Kier molecular flexibility index (Phi) is 12.2. The molecule has 0 aromatic rings. The SMILES string of the molecule is COC(C)NCCC[Si](OC)(OC)OC.Cl. The second-order valence-corrected chi connectivity index (χ2v) is 6.32. The third-order valence-corrected chi connectivity index (χ3v) is 5.21. The Bertz CT molecular complexity index is 152. The van der Waals surface area contributed by atoms with E-state index in [2.05, 4.69) is 5.32 Å². The maximum absolute atomic E-state index is 5.31. The maximum Gasteiger partial charge on any atom is 0.500 e. The number of rotatable bonds is 9. The fraction of sp³-hybridized carbons (Fsp3) is 1.00. The second-order valence-electron chi connectivity index (χ2n) is 3.23. The highest BCUT2D eigenvalue weighted by molar-refractivity contribution is 6.60. The number of hydrogen-bond acceptors (Lipinski definition) is 5. The Labute approximate surface area is 106 Å². The van der Waals surface area contributed by atoms with Gasteiger partial charge in [0.1, 0.15) is 6.23 Å². The summed E-state index contributed by atoms with van der Waals surface area (Å²) in [5.74, 6) is 0. The van der Waals surface area contributed by atoms with Crippen LogP contribution >= 0.6 is 12.4 Å². The average molecular weight is 274 g/mol. The van der Waals surface area contributed by atoms with E-state index in [1.54, 1.807) is 28.4 Å². The third kappa shape index (κ3) is 6.80. The Morgan fingerprint density at radius 2 is 1.56 bits per heavy atom. The number of halogens is 1. The molecule has 0 aliphatic heterocycles. The van der Waals surface area contributed by atoms with Gasteiger partial charge in [0.25, 0.3) is 0 Å². The van der Waals surface area contributed by atoms with Crippen molar-refractivity contribution in [3.63, 3.8) is 0 Å². The monoisotopic (exact) mass is 273 g/mol. The van der Waals surface area contributed by atoms with Gasteiger partial charge in [-0.2, -0.15) is 0 Å². The van der Waals surface area contributed by atoms with Crippen LogP contribution in [0.15, 0.2) is 0 Å². The predicted octanol–water partition coefficient (Wildman–Crippen LogP) is 1.26. The van der Waals surface area contributed by atoms with Crippen LogP contribution < -0.4 is 5.32 Å². The molecule has 16 heavy (non-hydrogen) atoms. The van der Waals surface area contributed by atoms with Crippen molar-refractivity contribution in [3.8, 4) is 0 Å². The zero-order chi connectivity index (χ0) is 11.7. The van der Waals surface area contributed by atoms with Crippen molar-refractivity contribution in [3.05, 3.63) is 0 Å². The van der Waals surface area contributed by atoms with E-state index in [1.807, 2.05) is 6.92 Å². The van der Waals surface area contributed by atoms with E-state index in [9.17, 15) is 0 Å². The molecule has 0 heterocycles. The van der Waals surface area contributed by atoms with Crippen molar-refractivity contribution in [1.82, 2.24) is 5.32 Å². The molecule has 0 spiro atoms. The van der Waals surface area contributed by atoms with E-state index in [-0.39, 0.29) is 18.6 Å². The van der Waals surface area contributed by atoms with Gasteiger partial charge in [-0.15, -0.1) is 12.4 Å². The van der Waals surface area contributed by atoms with E-state index < -0.39 is 8.80 Å². The lowest BCUT2D eigenvalue weighted by Gasteiger charge is -2.24. The zero-order valence-electron chi connectivity index (χ0n) is 10.7. The van der Waals surface area contributed by atoms with Gasteiger partial charge < -0.3 is 18.0 Å². The molecule has 0 aliphatic carbocycles. The highest BCUT2D eigenvalue weighted by Crippen LogP contribution is 2.14. The Morgan fingerprint density at radius 1 is 1.06 bits per heavy atom. The smallest absolute Gasteiger partial charge is 0.377 e. The molecule has 0 amide bonds. The normalized spacial score (nSPS) is 13.3. The summed E-state index contributed by atoms with van der Waals surface area (Å²) in [6, 6.07) is 0.805. The van der Waals surface area contributed by atoms with Crippen LogP contribution in [-0.2, 0) is 18.0 Å². The lowest BCUT2D eigenvalue weighted by molar-refractivity contribution is 0.0882. The van der Waals surface area contributed by atoms with Crippen molar-refractivity contribution in [2.24, 2.45) is 0 Å². The van der Waals surface area contributed by atoms with Crippen LogP contribution in [0.4, 0.5) is 0 Å². The fourth-order valence-corrected chi connectivity index (χ4v) is 2.97. The highest BCUT2D eigenvalue weighted by atomic mass is 35.5. The Balaban J connectivity index is 0. The topological polar surface area (TPSA) is 49.0 Å². The van der Waals surface area contributed by atoms with Crippen LogP contribution in [-0.4, -0.2) is 50.0 Å². The molecule has 0 bridgehead atoms. The van der Waals surface area contributed by atoms with E-state index in [4.69, 9.17) is 18.0 Å². The summed E-state index contributed by atoms with van der Waals surface area (Å²) in [6.45, 7) is 2.83. The average Bonchev–Trinajstić information content (AvgIpc) is 2.30. The standard InChI is InChI=1S/C9H23NO4Si.ClH/c1-9(11-2)10-7-6-8-15(12-3,13-4)14-5;/h9-10H,6-8H2,1-5H3;1H. The Hall–Kier alpha value is 0.307. The molecule has 1 unspecified atom stereocenters. The molecule has 7 heteroatoms. The predicted molar refractivity (Wildman–Crippen MR) is 67.9 cm³/mol. The molecule has 0 saturated carbocycles. The van der Waals surface area contributed by atoms with E-state index >= 15 is 0 Å². The van der Waals surface area contributed by atoms with Gasteiger partial charge in [-0.05, 0) is 19.9 Å². The zero-order valence-corrected chi connectivity index (χ0v) is 12.6. The van der Waals surface area contributed by atoms with Gasteiger partial charge >= 0.3 is 8.80 Å². The molecule has 5 nitrogen and oxygen atoms in total. The fourth-order valence-electron chi connectivity index (χ4n) is 1.25. The molecule has 0 aliphatic rings. The number of nitrogens with one attached hydrogen (secondary N) is 1. The van der Waals surface area contributed by atoms with Gasteiger partial charge in [0.2, 0.25) is 0 Å². The molecule has 0 radical (unpaired) electrons. The van der Waals surface area contributed by atoms with E-state index in [0.717, 1.165) is 19.0 Å². The van der Waals surface area contributed by atoms with E-state index in [0.29, 0.717) is 0 Å². The van der Waals surface area contributed by atoms with Crippen molar-refractivity contribution in [2.45, 2.75) is 25.6 Å². The van der Waals surface area contributed by atoms with Gasteiger partial charge in [-0.3, -0.25) is 5.32 Å². The number of methoxy groups -OCH3 is 1. The molecule has 0 fully saturated rings. The first kappa shape index (κ1) is 18.7. The summed E-state index contributed by atoms with van der Waals surface area (Å²) in [4.78, 5) is 0. The van der Waals surface area contributed by atoms with Crippen molar-refractivity contribution >= 4 is 21.2 Å². The third-order valence-electron chi connectivity index (χ3n) is 2.38. The molecule has 0 aromatic heterocycles. The van der Waals surface area contributed by atoms with Crippen LogP contribution in [0.25, 0.3) is 0 Å². The van der Waals surface area contributed by atoms with Crippen LogP contribution in [0, 0.1) is 0 Å². The minimum absolute atomic E-state index is 0. The molecule has 100 valence electrons. The van der Waals surface area contributed by atoms with Crippen LogP contribution in [0.1, 0.15) is 13.3 Å². The first-order valence-electron chi connectivity index (χ1n) is 5.05. The maximum atomic E-state index is 5.31. The summed E-state index contributed by atoms with van der Waals surface area (Å²) < 4.78 is 21.0. The Morgan fingerprint density at radius 3 is 1.94 bits per heavy atom. The lowest BCUT2D eigenvalue weighted by Crippen LogP contribution is -2.43. The van der Waals surface area contributed by atoms with E-state index in [1.165, 1.54) is 0 Å². The first-order chi connectivity index (χ1) is 7.14. The van der Waals surface area contributed by atoms with Crippen molar-refractivity contribution < 1.29 is 18.0 Å². The minimum Gasteiger partial charge on any atom is -0.377 e. The summed E-state index contributed by atoms with van der Waals surface area (Å²) >= 11 is 0. The quantitative estimate of drug-likeness (QED) is 0.389. The van der Waals surface area contributed by atoms with Crippen molar-refractivity contribution in [1.29, 1.82) is 0 Å². The molecule has 1 N–H and O–H groups in total. The van der Waals surface area contributed by atoms with Gasteiger partial charge in [0.05, 0.1) is 0 Å². The van der Waals surface area contributed by atoms with Crippen molar-refractivity contribution in [2.75, 3.05) is 35.0 Å². The van der Waals surface area contributed by atoms with Gasteiger partial charge in [0.15, 0.2) is 0 Å². The molecule has 0 saturated heterocycles. The van der Waals surface area contributed by atoms with Gasteiger partial charge in [0, 0.05) is 34.5 Å². The molecular formula is C9H24ClNO4Si. The van der Waals surface area contributed by atoms with Crippen LogP contribution in [0.3, 0.4) is 0 Å².